The zero-order valence-corrected chi connectivity index (χ0v) is 16.8. The Bertz CT molecular complexity index is 1020. The van der Waals surface area contributed by atoms with Crippen molar-refractivity contribution in [2.24, 2.45) is 5.10 Å². The van der Waals surface area contributed by atoms with Crippen LogP contribution < -0.4 is 15.5 Å². The number of rotatable bonds is 7. The molecule has 7 heteroatoms. The maximum atomic E-state index is 11.9. The van der Waals surface area contributed by atoms with Gasteiger partial charge in [-0.2, -0.15) is 5.10 Å². The Morgan fingerprint density at radius 1 is 0.867 bits per heavy atom. The Morgan fingerprint density at radius 2 is 1.57 bits per heavy atom. The number of carbonyl (C=O) groups excluding carboxylic acids is 2. The van der Waals surface area contributed by atoms with Crippen LogP contribution in [0.4, 0.5) is 0 Å². The zero-order valence-electron chi connectivity index (χ0n) is 16.0. The van der Waals surface area contributed by atoms with Gasteiger partial charge in [0.1, 0.15) is 12.4 Å². The molecule has 0 atom stereocenters. The van der Waals surface area contributed by atoms with Gasteiger partial charge in [0.05, 0.1) is 6.21 Å². The molecule has 3 aromatic rings. The van der Waals surface area contributed by atoms with Gasteiger partial charge in [0.25, 0.3) is 0 Å². The number of benzene rings is 3. The van der Waals surface area contributed by atoms with Crippen molar-refractivity contribution in [1.29, 1.82) is 0 Å². The Morgan fingerprint density at radius 3 is 2.33 bits per heavy atom. The van der Waals surface area contributed by atoms with Gasteiger partial charge in [-0.3, -0.25) is 9.59 Å². The number of hydrazone groups is 1. The highest BCUT2D eigenvalue weighted by Gasteiger charge is 2.12. The quantitative estimate of drug-likeness (QED) is 0.347. The number of amides is 2. The normalized spacial score (nSPS) is 10.6. The van der Waals surface area contributed by atoms with Crippen molar-refractivity contribution in [2.45, 2.75) is 13.2 Å². The lowest BCUT2D eigenvalue weighted by atomic mass is 10.2. The van der Waals surface area contributed by atoms with E-state index < -0.39 is 11.8 Å². The van der Waals surface area contributed by atoms with Crippen molar-refractivity contribution >= 4 is 29.6 Å². The molecule has 0 aliphatic carbocycles. The maximum absolute atomic E-state index is 11.9. The van der Waals surface area contributed by atoms with E-state index in [4.69, 9.17) is 16.3 Å². The highest BCUT2D eigenvalue weighted by Crippen LogP contribution is 2.17. The van der Waals surface area contributed by atoms with Gasteiger partial charge in [0.2, 0.25) is 0 Å². The first-order chi connectivity index (χ1) is 14.6. The number of hydrogen-bond acceptors (Lipinski definition) is 4. The molecule has 2 N–H and O–H groups in total. The molecule has 0 aliphatic rings. The standard InChI is InChI=1S/C23H20ClN3O3/c24-20-12-10-17(11-13-20)14-25-22(28)23(29)27-26-15-19-8-4-5-9-21(19)30-16-18-6-2-1-3-7-18/h1-13,15H,14,16H2,(H,25,28)(H,27,29)/b26-15+. The lowest BCUT2D eigenvalue weighted by molar-refractivity contribution is -0.139. The molecule has 0 radical (unpaired) electrons. The molecule has 3 aromatic carbocycles. The first kappa shape index (κ1) is 21.1. The molecule has 0 fully saturated rings. The van der Waals surface area contributed by atoms with Gasteiger partial charge in [0.15, 0.2) is 0 Å². The van der Waals surface area contributed by atoms with Crippen LogP contribution in [0.25, 0.3) is 0 Å². The van der Waals surface area contributed by atoms with Crippen molar-refractivity contribution in [2.75, 3.05) is 0 Å². The second kappa shape index (κ2) is 10.8. The molecule has 0 saturated heterocycles. The van der Waals surface area contributed by atoms with Crippen LogP contribution in [-0.4, -0.2) is 18.0 Å². The first-order valence-corrected chi connectivity index (χ1v) is 9.61. The molecule has 2 amide bonds. The smallest absolute Gasteiger partial charge is 0.329 e. The van der Waals surface area contributed by atoms with E-state index in [0.29, 0.717) is 22.9 Å². The molecule has 0 saturated carbocycles. The van der Waals surface area contributed by atoms with E-state index in [2.05, 4.69) is 15.8 Å². The number of halogens is 1. The summed E-state index contributed by atoms with van der Waals surface area (Å²) in [5, 5.41) is 6.99. The van der Waals surface area contributed by atoms with E-state index in [1.807, 2.05) is 48.5 Å². The van der Waals surface area contributed by atoms with Crippen molar-refractivity contribution in [1.82, 2.24) is 10.7 Å². The van der Waals surface area contributed by atoms with Gasteiger partial charge in [-0.1, -0.05) is 66.2 Å². The Labute approximate surface area is 179 Å². The number of para-hydroxylation sites is 1. The third-order valence-corrected chi connectivity index (χ3v) is 4.35. The molecule has 0 aliphatic heterocycles. The summed E-state index contributed by atoms with van der Waals surface area (Å²) in [6.45, 7) is 0.619. The van der Waals surface area contributed by atoms with Crippen LogP contribution in [0.5, 0.6) is 5.75 Å². The van der Waals surface area contributed by atoms with Crippen LogP contribution in [0, 0.1) is 0 Å². The lowest BCUT2D eigenvalue weighted by Gasteiger charge is -2.09. The van der Waals surface area contributed by atoms with Crippen molar-refractivity contribution in [3.63, 3.8) is 0 Å². The Balaban J connectivity index is 1.51. The van der Waals surface area contributed by atoms with E-state index >= 15 is 0 Å². The average Bonchev–Trinajstić information content (AvgIpc) is 2.78. The molecule has 30 heavy (non-hydrogen) atoms. The second-order valence-corrected chi connectivity index (χ2v) is 6.76. The second-order valence-electron chi connectivity index (χ2n) is 6.32. The third-order valence-electron chi connectivity index (χ3n) is 4.10. The molecule has 0 spiro atoms. The summed E-state index contributed by atoms with van der Waals surface area (Å²) in [7, 11) is 0. The van der Waals surface area contributed by atoms with Crippen molar-refractivity contribution in [3.05, 3.63) is 101 Å². The predicted molar refractivity (Wildman–Crippen MR) is 116 cm³/mol. The van der Waals surface area contributed by atoms with Crippen LogP contribution >= 0.6 is 11.6 Å². The minimum atomic E-state index is -0.858. The molecule has 0 unspecified atom stereocenters. The van der Waals surface area contributed by atoms with E-state index in [0.717, 1.165) is 11.1 Å². The third kappa shape index (κ3) is 6.46. The fraction of sp³-hybridized carbons (Fsp3) is 0.0870. The summed E-state index contributed by atoms with van der Waals surface area (Å²) in [4.78, 5) is 23.8. The Kier molecular flexibility index (Phi) is 7.58. The number of ether oxygens (including phenoxy) is 1. The van der Waals surface area contributed by atoms with Gasteiger partial charge in [-0.25, -0.2) is 5.43 Å². The molecule has 0 heterocycles. The van der Waals surface area contributed by atoms with Gasteiger partial charge in [-0.05, 0) is 35.4 Å². The summed E-state index contributed by atoms with van der Waals surface area (Å²) in [5.74, 6) is -1.02. The average molecular weight is 422 g/mol. The fourth-order valence-electron chi connectivity index (χ4n) is 2.53. The van der Waals surface area contributed by atoms with E-state index in [1.165, 1.54) is 6.21 Å². The molecular weight excluding hydrogens is 402 g/mol. The molecular formula is C23H20ClN3O3. The maximum Gasteiger partial charge on any atom is 0.329 e. The minimum absolute atomic E-state index is 0.212. The van der Waals surface area contributed by atoms with Gasteiger partial charge >= 0.3 is 11.8 Å². The number of nitrogens with one attached hydrogen (secondary N) is 2. The zero-order chi connectivity index (χ0) is 21.2. The van der Waals surface area contributed by atoms with E-state index in [9.17, 15) is 9.59 Å². The molecule has 6 nitrogen and oxygen atoms in total. The van der Waals surface area contributed by atoms with Crippen LogP contribution in [0.2, 0.25) is 5.02 Å². The van der Waals surface area contributed by atoms with E-state index in [1.54, 1.807) is 30.3 Å². The number of carbonyl (C=O) groups is 2. The first-order valence-electron chi connectivity index (χ1n) is 9.23. The fourth-order valence-corrected chi connectivity index (χ4v) is 2.66. The summed E-state index contributed by atoms with van der Waals surface area (Å²) in [6.07, 6.45) is 1.44. The summed E-state index contributed by atoms with van der Waals surface area (Å²) in [5.41, 5.74) is 4.76. The molecule has 0 bridgehead atoms. The number of nitrogens with zero attached hydrogens (tertiary/aromatic N) is 1. The summed E-state index contributed by atoms with van der Waals surface area (Å²) < 4.78 is 5.83. The summed E-state index contributed by atoms with van der Waals surface area (Å²) >= 11 is 5.82. The van der Waals surface area contributed by atoms with Crippen LogP contribution in [0.1, 0.15) is 16.7 Å². The SMILES string of the molecule is O=C(NCc1ccc(Cl)cc1)C(=O)N/N=C/c1ccccc1OCc1ccccc1. The van der Waals surface area contributed by atoms with Crippen molar-refractivity contribution in [3.8, 4) is 5.75 Å². The molecule has 3 rings (SSSR count). The Hall–Kier alpha value is -3.64. The van der Waals surface area contributed by atoms with Crippen molar-refractivity contribution < 1.29 is 14.3 Å². The molecule has 0 aromatic heterocycles. The highest BCUT2D eigenvalue weighted by atomic mass is 35.5. The van der Waals surface area contributed by atoms with Gasteiger partial charge in [-0.15, -0.1) is 0 Å². The lowest BCUT2D eigenvalue weighted by Crippen LogP contribution is -2.37. The predicted octanol–water partition coefficient (Wildman–Crippen LogP) is 3.69. The largest absolute Gasteiger partial charge is 0.488 e. The summed E-state index contributed by atoms with van der Waals surface area (Å²) in [6, 6.07) is 24.0. The van der Waals surface area contributed by atoms with Crippen LogP contribution in [-0.2, 0) is 22.7 Å². The number of hydrogen-bond donors (Lipinski definition) is 2. The van der Waals surface area contributed by atoms with Crippen LogP contribution in [0.3, 0.4) is 0 Å². The monoisotopic (exact) mass is 421 g/mol. The minimum Gasteiger partial charge on any atom is -0.488 e. The van der Waals surface area contributed by atoms with Gasteiger partial charge in [0, 0.05) is 17.1 Å². The highest BCUT2D eigenvalue weighted by molar-refractivity contribution is 6.35. The van der Waals surface area contributed by atoms with Crippen LogP contribution in [0.15, 0.2) is 84.0 Å². The molecule has 152 valence electrons. The topological polar surface area (TPSA) is 79.8 Å². The van der Waals surface area contributed by atoms with Gasteiger partial charge < -0.3 is 10.1 Å². The van der Waals surface area contributed by atoms with E-state index in [-0.39, 0.29) is 6.54 Å².